The fourth-order valence-corrected chi connectivity index (χ4v) is 3.06. The molecule has 0 bridgehead atoms. The maximum atomic E-state index is 12.4. The van der Waals surface area contributed by atoms with Gasteiger partial charge in [0.15, 0.2) is 0 Å². The fraction of sp³-hybridized carbons (Fsp3) is 0.619. The highest BCUT2D eigenvalue weighted by Crippen LogP contribution is 2.16. The number of aryl methyl sites for hydroxylation is 1. The van der Waals surface area contributed by atoms with Crippen LogP contribution in [-0.4, -0.2) is 35.2 Å². The van der Waals surface area contributed by atoms with E-state index < -0.39 is 0 Å². The van der Waals surface area contributed by atoms with Crippen molar-refractivity contribution in [1.29, 1.82) is 0 Å². The molecule has 0 spiro atoms. The first-order valence-corrected chi connectivity index (χ1v) is 10.6. The van der Waals surface area contributed by atoms with Crippen molar-refractivity contribution in [3.63, 3.8) is 0 Å². The second-order valence-corrected chi connectivity index (χ2v) is 6.84. The lowest BCUT2D eigenvalue weighted by Gasteiger charge is -2.19. The van der Waals surface area contributed by atoms with E-state index in [1.165, 1.54) is 0 Å². The standard InChI is InChI=1S/C14H17ClN2O.C5H12N2.C2H6/c1-3-5-6-13-16-12-8-7-10(15)9-11(12)14(18)17(13)4-2;1-5-4-6-2-3-7-5;1-2/h7-9H,3-6H2,1-2H3;5-7H,2-4H2,1H3;1-2H3. The lowest BCUT2D eigenvalue weighted by molar-refractivity contribution is 0.442. The minimum absolute atomic E-state index is 0.0103. The molecule has 1 aliphatic heterocycles. The summed E-state index contributed by atoms with van der Waals surface area (Å²) in [5.41, 5.74) is 0.747. The maximum absolute atomic E-state index is 12.4. The molecule has 1 unspecified atom stereocenters. The predicted octanol–water partition coefficient (Wildman–Crippen LogP) is 4.01. The summed E-state index contributed by atoms with van der Waals surface area (Å²) in [7, 11) is 0. The van der Waals surface area contributed by atoms with E-state index in [4.69, 9.17) is 11.6 Å². The summed E-state index contributed by atoms with van der Waals surface area (Å²) in [6.45, 7) is 14.3. The van der Waals surface area contributed by atoms with Crippen LogP contribution in [0.4, 0.5) is 0 Å². The largest absolute Gasteiger partial charge is 0.314 e. The van der Waals surface area contributed by atoms with E-state index in [-0.39, 0.29) is 5.56 Å². The van der Waals surface area contributed by atoms with Crippen LogP contribution in [0.25, 0.3) is 10.9 Å². The van der Waals surface area contributed by atoms with Gasteiger partial charge in [-0.1, -0.05) is 38.8 Å². The van der Waals surface area contributed by atoms with Crippen molar-refractivity contribution in [3.8, 4) is 0 Å². The molecular formula is C21H35ClN4O. The molecule has 152 valence electrons. The molecule has 1 aromatic heterocycles. The first kappa shape index (κ1) is 23.6. The van der Waals surface area contributed by atoms with Crippen LogP contribution in [0.15, 0.2) is 23.0 Å². The van der Waals surface area contributed by atoms with Crippen LogP contribution in [-0.2, 0) is 13.0 Å². The van der Waals surface area contributed by atoms with Gasteiger partial charge in [0.05, 0.1) is 10.9 Å². The van der Waals surface area contributed by atoms with Crippen molar-refractivity contribution >= 4 is 22.5 Å². The molecule has 27 heavy (non-hydrogen) atoms. The van der Waals surface area contributed by atoms with Gasteiger partial charge in [-0.2, -0.15) is 0 Å². The Hall–Kier alpha value is -1.43. The van der Waals surface area contributed by atoms with Crippen molar-refractivity contribution in [1.82, 2.24) is 20.2 Å². The van der Waals surface area contributed by atoms with Gasteiger partial charge < -0.3 is 10.6 Å². The number of fused-ring (bicyclic) bond motifs is 1. The Morgan fingerprint density at radius 2 is 2.00 bits per heavy atom. The lowest BCUT2D eigenvalue weighted by Crippen LogP contribution is -2.46. The SMILES string of the molecule is CC.CC1CNCCN1.CCCCc1nc2ccc(Cl)cc2c(=O)n1CC. The summed E-state index contributed by atoms with van der Waals surface area (Å²) in [6, 6.07) is 5.96. The number of hydrogen-bond donors (Lipinski definition) is 2. The molecule has 0 saturated carbocycles. The number of aromatic nitrogens is 2. The Balaban J connectivity index is 0.000000338. The first-order chi connectivity index (χ1) is 13.1. The predicted molar refractivity (Wildman–Crippen MR) is 117 cm³/mol. The third kappa shape index (κ3) is 7.24. The van der Waals surface area contributed by atoms with Crippen LogP contribution < -0.4 is 16.2 Å². The minimum atomic E-state index is 0.0103. The zero-order valence-corrected chi connectivity index (χ0v) is 18.2. The van der Waals surface area contributed by atoms with Crippen molar-refractivity contribution in [3.05, 3.63) is 39.4 Å². The molecule has 6 heteroatoms. The second-order valence-electron chi connectivity index (χ2n) is 6.40. The van der Waals surface area contributed by atoms with Gasteiger partial charge in [0.25, 0.3) is 5.56 Å². The van der Waals surface area contributed by atoms with E-state index in [0.29, 0.717) is 23.0 Å². The Morgan fingerprint density at radius 1 is 1.26 bits per heavy atom. The molecule has 2 aromatic rings. The summed E-state index contributed by atoms with van der Waals surface area (Å²) in [5.74, 6) is 0.874. The Morgan fingerprint density at radius 3 is 2.52 bits per heavy atom. The average molecular weight is 395 g/mol. The number of halogens is 1. The van der Waals surface area contributed by atoms with Gasteiger partial charge in [0.1, 0.15) is 5.82 Å². The van der Waals surface area contributed by atoms with Crippen LogP contribution >= 0.6 is 11.6 Å². The summed E-state index contributed by atoms with van der Waals surface area (Å²) >= 11 is 5.93. The number of piperazine rings is 1. The van der Waals surface area contributed by atoms with E-state index in [0.717, 1.165) is 50.2 Å². The normalized spacial score (nSPS) is 16.1. The highest BCUT2D eigenvalue weighted by molar-refractivity contribution is 6.31. The lowest BCUT2D eigenvalue weighted by atomic mass is 10.2. The summed E-state index contributed by atoms with van der Waals surface area (Å²) < 4.78 is 1.74. The van der Waals surface area contributed by atoms with Crippen LogP contribution in [0, 0.1) is 0 Å². The Labute approximate surface area is 168 Å². The molecule has 1 atom stereocenters. The molecule has 0 aliphatic carbocycles. The van der Waals surface area contributed by atoms with Crippen molar-refractivity contribution in [2.45, 2.75) is 66.5 Å². The van der Waals surface area contributed by atoms with Gasteiger partial charge in [-0.3, -0.25) is 9.36 Å². The molecule has 1 fully saturated rings. The van der Waals surface area contributed by atoms with E-state index >= 15 is 0 Å². The number of nitrogens with zero attached hydrogens (tertiary/aromatic N) is 2. The van der Waals surface area contributed by atoms with Crippen LogP contribution in [0.1, 0.15) is 53.3 Å². The van der Waals surface area contributed by atoms with Crippen molar-refractivity contribution in [2.75, 3.05) is 19.6 Å². The third-order valence-electron chi connectivity index (χ3n) is 4.31. The van der Waals surface area contributed by atoms with Crippen LogP contribution in [0.2, 0.25) is 5.02 Å². The quantitative estimate of drug-likeness (QED) is 0.822. The monoisotopic (exact) mass is 394 g/mol. The summed E-state index contributed by atoms with van der Waals surface area (Å²) in [5, 5.41) is 7.77. The van der Waals surface area contributed by atoms with Crippen LogP contribution in [0.3, 0.4) is 0 Å². The van der Waals surface area contributed by atoms with E-state index in [1.807, 2.05) is 26.8 Å². The first-order valence-electron chi connectivity index (χ1n) is 10.2. The number of benzene rings is 1. The molecule has 1 aromatic carbocycles. The average Bonchev–Trinajstić information content (AvgIpc) is 2.70. The number of rotatable bonds is 4. The second kappa shape index (κ2) is 12.9. The van der Waals surface area contributed by atoms with Gasteiger partial charge in [-0.25, -0.2) is 4.98 Å². The number of nitrogens with one attached hydrogen (secondary N) is 2. The zero-order valence-electron chi connectivity index (χ0n) is 17.4. The maximum Gasteiger partial charge on any atom is 0.261 e. The molecule has 2 N–H and O–H groups in total. The summed E-state index contributed by atoms with van der Waals surface area (Å²) in [6.07, 6.45) is 2.99. The van der Waals surface area contributed by atoms with Gasteiger partial charge in [0, 0.05) is 43.7 Å². The molecule has 1 saturated heterocycles. The molecule has 0 amide bonds. The number of unbranched alkanes of at least 4 members (excludes halogenated alkanes) is 1. The van der Waals surface area contributed by atoms with Crippen molar-refractivity contribution < 1.29 is 0 Å². The zero-order chi connectivity index (χ0) is 20.2. The Bertz CT molecular complexity index is 739. The van der Waals surface area contributed by atoms with Crippen LogP contribution in [0.5, 0.6) is 0 Å². The molecule has 5 nitrogen and oxygen atoms in total. The van der Waals surface area contributed by atoms with E-state index in [2.05, 4.69) is 29.5 Å². The summed E-state index contributed by atoms with van der Waals surface area (Å²) in [4.78, 5) is 16.9. The van der Waals surface area contributed by atoms with Gasteiger partial charge in [-0.15, -0.1) is 0 Å². The fourth-order valence-electron chi connectivity index (χ4n) is 2.89. The third-order valence-corrected chi connectivity index (χ3v) is 4.55. The topological polar surface area (TPSA) is 59.0 Å². The van der Waals surface area contributed by atoms with Gasteiger partial charge in [-0.05, 0) is 38.5 Å². The highest BCUT2D eigenvalue weighted by atomic mass is 35.5. The Kier molecular flexibility index (Phi) is 11.3. The molecule has 0 radical (unpaired) electrons. The van der Waals surface area contributed by atoms with Crippen molar-refractivity contribution in [2.24, 2.45) is 0 Å². The molecule has 3 rings (SSSR count). The van der Waals surface area contributed by atoms with E-state index in [1.54, 1.807) is 16.7 Å². The molecule has 2 heterocycles. The highest BCUT2D eigenvalue weighted by Gasteiger charge is 2.09. The number of hydrogen-bond acceptors (Lipinski definition) is 4. The smallest absolute Gasteiger partial charge is 0.261 e. The molecule has 1 aliphatic rings. The minimum Gasteiger partial charge on any atom is -0.314 e. The molecular weight excluding hydrogens is 360 g/mol. The van der Waals surface area contributed by atoms with Gasteiger partial charge in [0.2, 0.25) is 0 Å². The van der Waals surface area contributed by atoms with E-state index in [9.17, 15) is 4.79 Å². The van der Waals surface area contributed by atoms with Gasteiger partial charge >= 0.3 is 0 Å².